The molecule has 0 radical (unpaired) electrons. The van der Waals surface area contributed by atoms with Crippen molar-refractivity contribution >= 4 is 22.5 Å². The van der Waals surface area contributed by atoms with Gasteiger partial charge in [-0.25, -0.2) is 9.38 Å². The monoisotopic (exact) mass is 237 g/mol. The normalized spacial score (nSPS) is 18.6. The van der Waals surface area contributed by atoms with Crippen molar-refractivity contribution in [3.8, 4) is 0 Å². The molecule has 0 fully saturated rings. The Morgan fingerprint density at radius 3 is 2.75 bits per heavy atom. The second kappa shape index (κ2) is 4.21. The third-order valence-electron chi connectivity index (χ3n) is 2.82. The van der Waals surface area contributed by atoms with Crippen LogP contribution in [0.2, 0.25) is 0 Å². The summed E-state index contributed by atoms with van der Waals surface area (Å²) in [6.07, 6.45) is 3.89. The molecular formula is C13H16FNS. The molecule has 0 saturated carbocycles. The minimum absolute atomic E-state index is 0.154. The molecule has 0 aromatic heterocycles. The Hall–Kier alpha value is -0.830. The van der Waals surface area contributed by atoms with E-state index in [1.165, 1.54) is 6.07 Å². The van der Waals surface area contributed by atoms with E-state index in [2.05, 4.69) is 18.8 Å². The van der Waals surface area contributed by atoms with E-state index in [0.717, 1.165) is 29.1 Å². The summed E-state index contributed by atoms with van der Waals surface area (Å²) >= 11 is 1.69. The first kappa shape index (κ1) is 11.6. The Morgan fingerprint density at radius 1 is 1.31 bits per heavy atom. The Bertz CT molecular complexity index is 438. The lowest BCUT2D eigenvalue weighted by Gasteiger charge is -2.22. The summed E-state index contributed by atoms with van der Waals surface area (Å²) in [4.78, 5) is 4.61. The summed E-state index contributed by atoms with van der Waals surface area (Å²) in [5, 5.41) is 1.13. The molecule has 0 spiro atoms. The van der Waals surface area contributed by atoms with Crippen molar-refractivity contribution in [1.29, 1.82) is 0 Å². The lowest BCUT2D eigenvalue weighted by atomic mass is 9.83. The van der Waals surface area contributed by atoms with Crippen LogP contribution in [-0.4, -0.2) is 11.3 Å². The van der Waals surface area contributed by atoms with Crippen LogP contribution in [-0.2, 0) is 6.42 Å². The predicted octanol–water partition coefficient (Wildman–Crippen LogP) is 4.19. The molecule has 86 valence electrons. The fourth-order valence-corrected chi connectivity index (χ4v) is 2.81. The average molecular weight is 237 g/mol. The van der Waals surface area contributed by atoms with Gasteiger partial charge in [-0.15, -0.1) is 11.8 Å². The maximum atomic E-state index is 13.2. The molecule has 0 saturated heterocycles. The van der Waals surface area contributed by atoms with E-state index in [9.17, 15) is 4.39 Å². The Balaban J connectivity index is 2.50. The van der Waals surface area contributed by atoms with Crippen molar-refractivity contribution in [2.24, 2.45) is 10.4 Å². The average Bonchev–Trinajstić information content (AvgIpc) is 2.31. The third kappa shape index (κ3) is 2.46. The van der Waals surface area contributed by atoms with E-state index in [4.69, 9.17) is 0 Å². The first-order valence-electron chi connectivity index (χ1n) is 5.40. The van der Waals surface area contributed by atoms with Crippen LogP contribution in [0.1, 0.15) is 25.8 Å². The van der Waals surface area contributed by atoms with Gasteiger partial charge < -0.3 is 0 Å². The van der Waals surface area contributed by atoms with Gasteiger partial charge in [-0.2, -0.15) is 0 Å². The number of thioether (sulfide) groups is 1. The molecule has 3 heteroatoms. The fourth-order valence-electron chi connectivity index (χ4n) is 2.08. The summed E-state index contributed by atoms with van der Waals surface area (Å²) in [5.41, 5.74) is 2.10. The fraction of sp³-hybridized carbons (Fsp3) is 0.462. The van der Waals surface area contributed by atoms with E-state index in [-0.39, 0.29) is 11.2 Å². The van der Waals surface area contributed by atoms with E-state index >= 15 is 0 Å². The topological polar surface area (TPSA) is 12.4 Å². The predicted molar refractivity (Wildman–Crippen MR) is 69.1 cm³/mol. The first-order chi connectivity index (χ1) is 7.50. The van der Waals surface area contributed by atoms with Gasteiger partial charge in [0.2, 0.25) is 0 Å². The number of aliphatic imine (C=N–C) groups is 1. The van der Waals surface area contributed by atoms with Crippen molar-refractivity contribution < 1.29 is 4.39 Å². The van der Waals surface area contributed by atoms with Gasteiger partial charge in [-0.1, -0.05) is 13.8 Å². The van der Waals surface area contributed by atoms with Crippen LogP contribution in [0.25, 0.3) is 0 Å². The van der Waals surface area contributed by atoms with E-state index in [1.807, 2.05) is 6.26 Å². The molecule has 0 aliphatic carbocycles. The highest BCUT2D eigenvalue weighted by Crippen LogP contribution is 2.37. The van der Waals surface area contributed by atoms with Gasteiger partial charge in [0.25, 0.3) is 0 Å². The number of halogens is 1. The molecule has 0 atom stereocenters. The summed E-state index contributed by atoms with van der Waals surface area (Å²) in [6.45, 7) is 4.41. The van der Waals surface area contributed by atoms with E-state index < -0.39 is 0 Å². The van der Waals surface area contributed by atoms with Crippen molar-refractivity contribution in [1.82, 2.24) is 0 Å². The maximum Gasteiger partial charge on any atom is 0.123 e. The van der Waals surface area contributed by atoms with Crippen LogP contribution in [0.4, 0.5) is 10.1 Å². The van der Waals surface area contributed by atoms with Gasteiger partial charge in [-0.3, -0.25) is 0 Å². The van der Waals surface area contributed by atoms with Crippen molar-refractivity contribution in [3.63, 3.8) is 0 Å². The molecule has 1 nitrogen and oxygen atoms in total. The van der Waals surface area contributed by atoms with Crippen molar-refractivity contribution in [2.45, 2.75) is 26.7 Å². The second-order valence-electron chi connectivity index (χ2n) is 5.00. The molecule has 2 rings (SSSR count). The van der Waals surface area contributed by atoms with Gasteiger partial charge in [-0.05, 0) is 41.9 Å². The molecule has 1 aliphatic rings. The highest BCUT2D eigenvalue weighted by molar-refractivity contribution is 8.13. The zero-order valence-electron chi connectivity index (χ0n) is 9.88. The SMILES string of the molecule is CSC1=Nc2ccc(F)cc2CC(C)(C)C1. The van der Waals surface area contributed by atoms with Gasteiger partial charge >= 0.3 is 0 Å². The van der Waals surface area contributed by atoms with Gasteiger partial charge in [0, 0.05) is 6.42 Å². The van der Waals surface area contributed by atoms with Crippen LogP contribution in [0.3, 0.4) is 0 Å². The van der Waals surface area contributed by atoms with Crippen LogP contribution in [0, 0.1) is 11.2 Å². The standard InChI is InChI=1S/C13H16FNS/c1-13(2)7-9-6-10(14)4-5-11(9)15-12(8-13)16-3/h4-6H,7-8H2,1-3H3. The Labute approximate surface area is 100 Å². The molecule has 1 aromatic rings. The van der Waals surface area contributed by atoms with Crippen LogP contribution < -0.4 is 0 Å². The van der Waals surface area contributed by atoms with Gasteiger partial charge in [0.15, 0.2) is 0 Å². The van der Waals surface area contributed by atoms with Crippen LogP contribution in [0.5, 0.6) is 0 Å². The molecule has 1 aliphatic heterocycles. The number of hydrogen-bond acceptors (Lipinski definition) is 2. The summed E-state index contributed by atoms with van der Waals surface area (Å²) in [6, 6.07) is 4.88. The Morgan fingerprint density at radius 2 is 2.06 bits per heavy atom. The van der Waals surface area contributed by atoms with Crippen molar-refractivity contribution in [3.05, 3.63) is 29.6 Å². The molecule has 1 aromatic carbocycles. The smallest absolute Gasteiger partial charge is 0.123 e. The molecule has 0 amide bonds. The van der Waals surface area contributed by atoms with Crippen LogP contribution >= 0.6 is 11.8 Å². The van der Waals surface area contributed by atoms with Gasteiger partial charge in [0.1, 0.15) is 5.82 Å². The zero-order chi connectivity index (χ0) is 11.8. The van der Waals surface area contributed by atoms with Crippen LogP contribution in [0.15, 0.2) is 23.2 Å². The number of hydrogen-bond donors (Lipinski definition) is 0. The number of fused-ring (bicyclic) bond motifs is 1. The summed E-state index contributed by atoms with van der Waals surface area (Å²) in [5.74, 6) is -0.169. The number of rotatable bonds is 0. The lowest BCUT2D eigenvalue weighted by molar-refractivity contribution is 0.384. The molecule has 0 bridgehead atoms. The summed E-state index contributed by atoms with van der Waals surface area (Å²) in [7, 11) is 0. The molecule has 16 heavy (non-hydrogen) atoms. The highest BCUT2D eigenvalue weighted by Gasteiger charge is 2.25. The van der Waals surface area contributed by atoms with E-state index in [1.54, 1.807) is 23.9 Å². The molecule has 0 unspecified atom stereocenters. The molecule has 1 heterocycles. The Kier molecular flexibility index (Phi) is 3.06. The molecule has 0 N–H and O–H groups in total. The summed E-state index contributed by atoms with van der Waals surface area (Å²) < 4.78 is 13.2. The number of benzene rings is 1. The molecular weight excluding hydrogens is 221 g/mol. The highest BCUT2D eigenvalue weighted by atomic mass is 32.2. The quantitative estimate of drug-likeness (QED) is 0.659. The van der Waals surface area contributed by atoms with E-state index in [0.29, 0.717) is 0 Å². The second-order valence-corrected chi connectivity index (χ2v) is 5.88. The van der Waals surface area contributed by atoms with Gasteiger partial charge in [0.05, 0.1) is 10.7 Å². The third-order valence-corrected chi connectivity index (χ3v) is 3.53. The van der Waals surface area contributed by atoms with Crippen molar-refractivity contribution in [2.75, 3.05) is 6.26 Å². The minimum atomic E-state index is -0.169. The maximum absolute atomic E-state index is 13.2. The first-order valence-corrected chi connectivity index (χ1v) is 6.63. The minimum Gasteiger partial charge on any atom is -0.246 e. The lowest BCUT2D eigenvalue weighted by Crippen LogP contribution is -2.16. The largest absolute Gasteiger partial charge is 0.246 e. The number of nitrogens with zero attached hydrogens (tertiary/aromatic N) is 1. The zero-order valence-corrected chi connectivity index (χ0v) is 10.7.